The molecule has 1 heterocycles. The number of hydrogen-bond acceptors (Lipinski definition) is 4. The highest BCUT2D eigenvalue weighted by atomic mass is 19.1. The van der Waals surface area contributed by atoms with E-state index >= 15 is 4.39 Å². The number of halogens is 1. The molecule has 4 rings (SSSR count). The fraction of sp³-hybridized carbons (Fsp3) is 0.448. The highest BCUT2D eigenvalue weighted by Crippen LogP contribution is 2.38. The number of methoxy groups -OCH3 is 1. The molecule has 0 radical (unpaired) electrons. The minimum absolute atomic E-state index is 0.236. The van der Waals surface area contributed by atoms with Crippen LogP contribution in [-0.2, 0) is 22.5 Å². The van der Waals surface area contributed by atoms with Crippen molar-refractivity contribution in [3.05, 3.63) is 60.0 Å². The first-order chi connectivity index (χ1) is 17.5. The Morgan fingerprint density at radius 3 is 2.47 bits per heavy atom. The summed E-state index contributed by atoms with van der Waals surface area (Å²) in [6.45, 7) is 3.21. The molecule has 0 saturated heterocycles. The number of carboxylic acids is 1. The van der Waals surface area contributed by atoms with Crippen molar-refractivity contribution in [1.82, 2.24) is 9.78 Å². The van der Waals surface area contributed by atoms with Gasteiger partial charge in [0.2, 0.25) is 0 Å². The lowest BCUT2D eigenvalue weighted by Gasteiger charge is -2.28. The van der Waals surface area contributed by atoms with Crippen LogP contribution in [-0.4, -0.2) is 41.2 Å². The molecule has 2 aromatic carbocycles. The van der Waals surface area contributed by atoms with Crippen molar-refractivity contribution in [2.45, 2.75) is 52.0 Å². The van der Waals surface area contributed by atoms with Gasteiger partial charge in [-0.2, -0.15) is 5.10 Å². The molecule has 1 aliphatic rings. The van der Waals surface area contributed by atoms with E-state index in [1.165, 1.54) is 13.2 Å². The van der Waals surface area contributed by atoms with E-state index < -0.39 is 5.97 Å². The van der Waals surface area contributed by atoms with Gasteiger partial charge < -0.3 is 14.6 Å². The second-order valence-corrected chi connectivity index (χ2v) is 9.61. The molecule has 1 aliphatic carbocycles. The lowest BCUT2D eigenvalue weighted by molar-refractivity contribution is -0.142. The summed E-state index contributed by atoms with van der Waals surface area (Å²) in [6, 6.07) is 15.1. The fourth-order valence-electron chi connectivity index (χ4n) is 5.19. The molecule has 0 atom stereocenters. The third-order valence-corrected chi connectivity index (χ3v) is 7.01. The van der Waals surface area contributed by atoms with Crippen LogP contribution in [0.15, 0.2) is 48.5 Å². The molecule has 3 aromatic rings. The predicted octanol–water partition coefficient (Wildman–Crippen LogP) is 6.22. The van der Waals surface area contributed by atoms with Gasteiger partial charge in [-0.25, -0.2) is 9.18 Å². The van der Waals surface area contributed by atoms with Crippen molar-refractivity contribution >= 4 is 5.97 Å². The maximum atomic E-state index is 15.2. The van der Waals surface area contributed by atoms with Gasteiger partial charge in [0.05, 0.1) is 13.7 Å². The molecule has 36 heavy (non-hydrogen) atoms. The van der Waals surface area contributed by atoms with Gasteiger partial charge in [0.1, 0.15) is 23.9 Å². The number of rotatable bonds is 11. The van der Waals surface area contributed by atoms with E-state index in [0.717, 1.165) is 61.9 Å². The zero-order valence-electron chi connectivity index (χ0n) is 21.1. The molecule has 0 bridgehead atoms. The van der Waals surface area contributed by atoms with Gasteiger partial charge in [0.25, 0.3) is 0 Å². The Kier molecular flexibility index (Phi) is 8.75. The summed E-state index contributed by atoms with van der Waals surface area (Å²) in [5.74, 6) is 0.0747. The van der Waals surface area contributed by atoms with Crippen LogP contribution in [0, 0.1) is 17.7 Å². The van der Waals surface area contributed by atoms with Crippen molar-refractivity contribution < 1.29 is 23.8 Å². The van der Waals surface area contributed by atoms with Gasteiger partial charge in [-0.3, -0.25) is 4.68 Å². The molecule has 7 heteroatoms. The summed E-state index contributed by atoms with van der Waals surface area (Å²) in [6.07, 6.45) is 5.93. The number of carboxylic acid groups (broad SMARTS) is 1. The zero-order valence-corrected chi connectivity index (χ0v) is 21.1. The molecular formula is C29H35FN2O4. The summed E-state index contributed by atoms with van der Waals surface area (Å²) in [5.41, 5.74) is 4.32. The first-order valence-corrected chi connectivity index (χ1v) is 12.8. The molecule has 0 amide bonds. The molecule has 1 saturated carbocycles. The monoisotopic (exact) mass is 494 g/mol. The Morgan fingerprint density at radius 1 is 1.11 bits per heavy atom. The van der Waals surface area contributed by atoms with Crippen molar-refractivity contribution in [3.8, 4) is 28.1 Å². The van der Waals surface area contributed by atoms with Crippen LogP contribution < -0.4 is 4.74 Å². The number of hydrogen-bond donors (Lipinski definition) is 1. The lowest BCUT2D eigenvalue weighted by Crippen LogP contribution is -2.23. The Balaban J connectivity index is 1.62. The van der Waals surface area contributed by atoms with E-state index in [2.05, 4.69) is 23.7 Å². The molecule has 1 N–H and O–H groups in total. The molecular weight excluding hydrogens is 459 g/mol. The van der Waals surface area contributed by atoms with E-state index in [1.54, 1.807) is 12.1 Å². The predicted molar refractivity (Wildman–Crippen MR) is 138 cm³/mol. The van der Waals surface area contributed by atoms with E-state index in [4.69, 9.17) is 19.7 Å². The molecule has 0 unspecified atom stereocenters. The first-order valence-electron chi connectivity index (χ1n) is 12.8. The lowest BCUT2D eigenvalue weighted by atomic mass is 9.82. The van der Waals surface area contributed by atoms with Crippen molar-refractivity contribution in [3.63, 3.8) is 0 Å². The molecule has 192 valence electrons. The average Bonchev–Trinajstić information content (AvgIpc) is 3.22. The number of carbonyl (C=O) groups is 1. The quantitative estimate of drug-likeness (QED) is 0.342. The van der Waals surface area contributed by atoms with Crippen molar-refractivity contribution in [2.75, 3.05) is 20.3 Å². The van der Waals surface area contributed by atoms with Crippen LogP contribution in [0.3, 0.4) is 0 Å². The summed E-state index contributed by atoms with van der Waals surface area (Å²) in [4.78, 5) is 10.7. The van der Waals surface area contributed by atoms with Crippen LogP contribution in [0.2, 0.25) is 0 Å². The van der Waals surface area contributed by atoms with Crippen LogP contribution in [0.4, 0.5) is 4.39 Å². The molecule has 1 aromatic heterocycles. The Morgan fingerprint density at radius 2 is 1.83 bits per heavy atom. The van der Waals surface area contributed by atoms with E-state index in [9.17, 15) is 4.79 Å². The van der Waals surface area contributed by atoms with E-state index in [0.29, 0.717) is 35.4 Å². The Bertz CT molecular complexity index is 1150. The Labute approximate surface area is 212 Å². The van der Waals surface area contributed by atoms with Crippen molar-refractivity contribution in [1.29, 1.82) is 0 Å². The Hall–Kier alpha value is -3.19. The SMILES string of the molecule is CCCc1c(-c2ccccc2)c(-c2ccc(OC)cc2F)nn1C[C@H]1CC[C@@H](COCC(=O)O)CC1. The minimum atomic E-state index is -0.927. The number of aromatic nitrogens is 2. The number of aliphatic carboxylic acids is 1. The molecule has 1 fully saturated rings. The summed E-state index contributed by atoms with van der Waals surface area (Å²) >= 11 is 0. The number of ether oxygens (including phenoxy) is 2. The number of benzene rings is 2. The maximum Gasteiger partial charge on any atom is 0.329 e. The highest BCUT2D eigenvalue weighted by molar-refractivity contribution is 5.83. The fourth-order valence-corrected chi connectivity index (χ4v) is 5.19. The van der Waals surface area contributed by atoms with Gasteiger partial charge in [-0.05, 0) is 61.6 Å². The van der Waals surface area contributed by atoms with Gasteiger partial charge >= 0.3 is 5.97 Å². The second-order valence-electron chi connectivity index (χ2n) is 9.61. The average molecular weight is 495 g/mol. The topological polar surface area (TPSA) is 73.6 Å². The standard InChI is InChI=1S/C29H35FN2O4/c1-3-7-26-28(22-8-5-4-6-9-22)29(24-15-14-23(35-2)16-25(24)30)31-32(26)17-20-10-12-21(13-11-20)18-36-19-27(33)34/h4-6,8-9,14-16,20-21H,3,7,10-13,17-19H2,1-2H3,(H,33,34)/t20-,21+. The first kappa shape index (κ1) is 25.9. The summed E-state index contributed by atoms with van der Waals surface area (Å²) in [5, 5.41) is 13.8. The normalized spacial score (nSPS) is 17.8. The van der Waals surface area contributed by atoms with Crippen LogP contribution in [0.25, 0.3) is 22.4 Å². The number of nitrogens with zero attached hydrogens (tertiary/aromatic N) is 2. The smallest absolute Gasteiger partial charge is 0.329 e. The van der Waals surface area contributed by atoms with Gasteiger partial charge in [0.15, 0.2) is 0 Å². The van der Waals surface area contributed by atoms with E-state index in [1.807, 2.05) is 18.2 Å². The maximum absolute atomic E-state index is 15.2. The molecule has 0 spiro atoms. The van der Waals surface area contributed by atoms with Gasteiger partial charge in [0, 0.05) is 29.4 Å². The zero-order chi connectivity index (χ0) is 25.5. The van der Waals surface area contributed by atoms with Crippen LogP contribution in [0.1, 0.15) is 44.7 Å². The molecule has 6 nitrogen and oxygen atoms in total. The highest BCUT2D eigenvalue weighted by Gasteiger charge is 2.26. The van der Waals surface area contributed by atoms with Gasteiger partial charge in [-0.1, -0.05) is 43.7 Å². The third kappa shape index (κ3) is 6.13. The summed E-state index contributed by atoms with van der Waals surface area (Å²) < 4.78 is 27.9. The van der Waals surface area contributed by atoms with Crippen molar-refractivity contribution in [2.24, 2.45) is 11.8 Å². The summed E-state index contributed by atoms with van der Waals surface area (Å²) in [7, 11) is 1.53. The molecule has 0 aliphatic heterocycles. The van der Waals surface area contributed by atoms with Gasteiger partial charge in [-0.15, -0.1) is 0 Å². The minimum Gasteiger partial charge on any atom is -0.497 e. The van der Waals surface area contributed by atoms with Crippen LogP contribution >= 0.6 is 0 Å². The third-order valence-electron chi connectivity index (χ3n) is 7.01. The second kappa shape index (κ2) is 12.2. The largest absolute Gasteiger partial charge is 0.497 e. The van der Waals surface area contributed by atoms with E-state index in [-0.39, 0.29) is 12.4 Å². The van der Waals surface area contributed by atoms with Crippen LogP contribution in [0.5, 0.6) is 5.75 Å².